The lowest BCUT2D eigenvalue weighted by Crippen LogP contribution is -2.09. The Bertz CT molecular complexity index is 595. The lowest BCUT2D eigenvalue weighted by molar-refractivity contribution is 0.608. The Kier molecular flexibility index (Phi) is 4.71. The second kappa shape index (κ2) is 6.90. The Labute approximate surface area is 130 Å². The largest absolute Gasteiger partial charge is 0.267 e. The molecule has 2 aromatic rings. The van der Waals surface area contributed by atoms with Crippen LogP contribution in [0.1, 0.15) is 43.5 Å². The molecule has 21 heavy (non-hydrogen) atoms. The van der Waals surface area contributed by atoms with Crippen LogP contribution in [0.5, 0.6) is 0 Å². The van der Waals surface area contributed by atoms with E-state index in [0.717, 1.165) is 10.7 Å². The molecule has 1 aromatic carbocycles. The van der Waals surface area contributed by atoms with Crippen LogP contribution in [0.4, 0.5) is 0 Å². The van der Waals surface area contributed by atoms with Crippen LogP contribution in [0.2, 0.25) is 0 Å². The lowest BCUT2D eigenvalue weighted by atomic mass is 10.0. The van der Waals surface area contributed by atoms with Gasteiger partial charge < -0.3 is 0 Å². The average Bonchev–Trinajstić information content (AvgIpc) is 2.99. The smallest absolute Gasteiger partial charge is 0.117 e. The Balaban J connectivity index is 1.87. The van der Waals surface area contributed by atoms with Gasteiger partial charge in [-0.15, -0.1) is 0 Å². The zero-order chi connectivity index (χ0) is 14.5. The van der Waals surface area contributed by atoms with Crippen LogP contribution in [0, 0.1) is 0 Å². The number of nitrogens with zero attached hydrogens (tertiary/aromatic N) is 2. The maximum absolute atomic E-state index is 4.98. The number of aromatic nitrogens is 1. The number of unbranched alkanes of at least 4 members (excludes halogenated alkanes) is 1. The summed E-state index contributed by atoms with van der Waals surface area (Å²) in [6.45, 7) is 2.25. The molecule has 0 saturated heterocycles. The molecule has 0 N–H and O–H groups in total. The highest BCUT2D eigenvalue weighted by Gasteiger charge is 2.31. The minimum Gasteiger partial charge on any atom is -0.267 e. The van der Waals surface area contributed by atoms with E-state index in [1.165, 1.54) is 24.8 Å². The molecule has 3 rings (SSSR count). The number of thioether (sulfide) groups is 1. The first-order valence-corrected chi connectivity index (χ1v) is 8.47. The number of hydrogen-bond donors (Lipinski definition) is 0. The van der Waals surface area contributed by atoms with Gasteiger partial charge >= 0.3 is 0 Å². The molecule has 0 radical (unpaired) electrons. The molecule has 2 nitrogen and oxygen atoms in total. The maximum Gasteiger partial charge on any atom is 0.117 e. The van der Waals surface area contributed by atoms with E-state index in [0.29, 0.717) is 5.25 Å². The number of hydrogen-bond acceptors (Lipinski definition) is 3. The van der Waals surface area contributed by atoms with Crippen LogP contribution in [0.25, 0.3) is 0 Å². The van der Waals surface area contributed by atoms with Crippen molar-refractivity contribution in [3.8, 4) is 0 Å². The molecule has 0 saturated carbocycles. The lowest BCUT2D eigenvalue weighted by Gasteiger charge is -2.16. The van der Waals surface area contributed by atoms with E-state index < -0.39 is 0 Å². The molecule has 1 aliphatic heterocycles. The van der Waals surface area contributed by atoms with E-state index in [4.69, 9.17) is 4.99 Å². The summed E-state index contributed by atoms with van der Waals surface area (Å²) in [7, 11) is 0. The van der Waals surface area contributed by atoms with Gasteiger partial charge in [-0.05, 0) is 24.1 Å². The van der Waals surface area contributed by atoms with E-state index in [9.17, 15) is 0 Å². The summed E-state index contributed by atoms with van der Waals surface area (Å²) in [6.07, 6.45) is 5.54. The fourth-order valence-electron chi connectivity index (χ4n) is 2.63. The topological polar surface area (TPSA) is 25.2 Å². The van der Waals surface area contributed by atoms with Gasteiger partial charge in [-0.2, -0.15) is 0 Å². The molecule has 0 aliphatic carbocycles. The normalized spacial score (nSPS) is 21.3. The fraction of sp³-hybridized carbons (Fsp3) is 0.333. The molecule has 2 atom stereocenters. The second-order valence-corrected chi connectivity index (χ2v) is 6.53. The van der Waals surface area contributed by atoms with Crippen LogP contribution in [0.3, 0.4) is 0 Å². The van der Waals surface area contributed by atoms with Gasteiger partial charge in [0, 0.05) is 11.4 Å². The summed E-state index contributed by atoms with van der Waals surface area (Å²) in [5, 5.41) is 1.62. The first-order valence-electron chi connectivity index (χ1n) is 7.59. The van der Waals surface area contributed by atoms with Crippen molar-refractivity contribution in [2.75, 3.05) is 0 Å². The molecule has 108 valence electrons. The van der Waals surface area contributed by atoms with Crippen molar-refractivity contribution in [1.82, 2.24) is 4.98 Å². The zero-order valence-electron chi connectivity index (χ0n) is 12.3. The van der Waals surface area contributed by atoms with Crippen LogP contribution in [-0.2, 0) is 0 Å². The molecule has 0 amide bonds. The van der Waals surface area contributed by atoms with Crippen molar-refractivity contribution in [1.29, 1.82) is 0 Å². The van der Waals surface area contributed by atoms with Crippen molar-refractivity contribution in [3.05, 3.63) is 66.0 Å². The van der Waals surface area contributed by atoms with E-state index in [2.05, 4.69) is 48.3 Å². The van der Waals surface area contributed by atoms with Crippen molar-refractivity contribution in [2.45, 2.75) is 37.5 Å². The molecule has 1 aliphatic rings. The Morgan fingerprint density at radius 1 is 1.05 bits per heavy atom. The Morgan fingerprint density at radius 3 is 2.57 bits per heavy atom. The van der Waals surface area contributed by atoms with Crippen molar-refractivity contribution < 1.29 is 0 Å². The van der Waals surface area contributed by atoms with E-state index >= 15 is 0 Å². The highest BCUT2D eigenvalue weighted by atomic mass is 32.2. The minimum atomic E-state index is 0.264. The summed E-state index contributed by atoms with van der Waals surface area (Å²) in [5.41, 5.74) is 2.32. The first kappa shape index (κ1) is 14.3. The molecule has 2 heterocycles. The van der Waals surface area contributed by atoms with E-state index in [1.807, 2.05) is 30.1 Å². The van der Waals surface area contributed by atoms with E-state index in [1.54, 1.807) is 0 Å². The monoisotopic (exact) mass is 296 g/mol. The number of pyridine rings is 1. The van der Waals surface area contributed by atoms with Gasteiger partial charge in [-0.25, -0.2) is 0 Å². The summed E-state index contributed by atoms with van der Waals surface area (Å²) < 4.78 is 0. The highest BCUT2D eigenvalue weighted by Crippen LogP contribution is 2.41. The molecular formula is C18H20N2S. The maximum atomic E-state index is 4.98. The van der Waals surface area contributed by atoms with Gasteiger partial charge in [-0.1, -0.05) is 67.9 Å². The van der Waals surface area contributed by atoms with Gasteiger partial charge in [0.05, 0.1) is 11.7 Å². The number of aliphatic imine (C=N–C) groups is 1. The summed E-state index contributed by atoms with van der Waals surface area (Å²) in [4.78, 5) is 9.43. The molecule has 3 heteroatoms. The predicted molar refractivity (Wildman–Crippen MR) is 90.9 cm³/mol. The molecule has 0 spiro atoms. The van der Waals surface area contributed by atoms with Crippen LogP contribution < -0.4 is 0 Å². The first-order chi connectivity index (χ1) is 10.4. The summed E-state index contributed by atoms with van der Waals surface area (Å²) >= 11 is 1.89. The van der Waals surface area contributed by atoms with Gasteiger partial charge in [0.25, 0.3) is 0 Å². The van der Waals surface area contributed by atoms with Crippen LogP contribution in [0.15, 0.2) is 59.7 Å². The molecule has 0 bridgehead atoms. The second-order valence-electron chi connectivity index (χ2n) is 5.30. The van der Waals surface area contributed by atoms with Gasteiger partial charge in [0.15, 0.2) is 0 Å². The third-order valence-electron chi connectivity index (χ3n) is 3.74. The van der Waals surface area contributed by atoms with Crippen molar-refractivity contribution in [2.24, 2.45) is 4.99 Å². The van der Waals surface area contributed by atoms with Gasteiger partial charge in [-0.3, -0.25) is 9.98 Å². The fourth-order valence-corrected chi connectivity index (χ4v) is 3.96. The molecular weight excluding hydrogens is 276 g/mol. The average molecular weight is 296 g/mol. The third-order valence-corrected chi connectivity index (χ3v) is 5.07. The predicted octanol–water partition coefficient (Wildman–Crippen LogP) is 4.88. The molecule has 0 unspecified atom stereocenters. The quantitative estimate of drug-likeness (QED) is 0.786. The summed E-state index contributed by atoms with van der Waals surface area (Å²) in [5.74, 6) is 0. The van der Waals surface area contributed by atoms with Gasteiger partial charge in [0.1, 0.15) is 5.04 Å². The molecule has 0 fully saturated rings. The van der Waals surface area contributed by atoms with Crippen molar-refractivity contribution >= 4 is 16.8 Å². The Hall–Kier alpha value is -1.61. The SMILES string of the molecule is CCCC[C@@H]1SC(c2ccccn2)=N[C@H]1c1ccccc1. The standard InChI is InChI=1S/C18H20N2S/c1-2-3-12-16-17(14-9-5-4-6-10-14)20-18(21-16)15-11-7-8-13-19-15/h4-11,13,16-17H,2-3,12H2,1H3/t16-,17-/m0/s1. The highest BCUT2D eigenvalue weighted by molar-refractivity contribution is 8.15. The molecule has 1 aromatic heterocycles. The van der Waals surface area contributed by atoms with Crippen LogP contribution >= 0.6 is 11.8 Å². The zero-order valence-corrected chi connectivity index (χ0v) is 13.1. The minimum absolute atomic E-state index is 0.264. The van der Waals surface area contributed by atoms with Crippen LogP contribution in [-0.4, -0.2) is 15.3 Å². The Morgan fingerprint density at radius 2 is 1.86 bits per heavy atom. The summed E-state index contributed by atoms with van der Waals surface area (Å²) in [6, 6.07) is 16.9. The number of rotatable bonds is 5. The van der Waals surface area contributed by atoms with E-state index in [-0.39, 0.29) is 6.04 Å². The van der Waals surface area contributed by atoms with Crippen molar-refractivity contribution in [3.63, 3.8) is 0 Å². The third kappa shape index (κ3) is 3.35. The number of benzene rings is 1. The van der Waals surface area contributed by atoms with Gasteiger partial charge in [0.2, 0.25) is 0 Å².